The summed E-state index contributed by atoms with van der Waals surface area (Å²) in [4.78, 5) is -0.293. The van der Waals surface area contributed by atoms with Crippen LogP contribution in [0.5, 0.6) is 0 Å². The molecule has 0 amide bonds. The predicted molar refractivity (Wildman–Crippen MR) is 49.4 cm³/mol. The summed E-state index contributed by atoms with van der Waals surface area (Å²) in [5.74, 6) is 0. The molecule has 0 aromatic rings. The minimum atomic E-state index is -3.86. The van der Waals surface area contributed by atoms with Gasteiger partial charge in [-0.3, -0.25) is 0 Å². The monoisotopic (exact) mass is 243 g/mol. The largest absolute Gasteiger partial charge is 0.296 e. The van der Waals surface area contributed by atoms with E-state index >= 15 is 0 Å². The van der Waals surface area contributed by atoms with E-state index in [2.05, 4.69) is 6.08 Å². The van der Waals surface area contributed by atoms with Gasteiger partial charge in [0, 0.05) is 22.3 Å². The van der Waals surface area contributed by atoms with Gasteiger partial charge in [0.25, 0.3) is 14.0 Å². The molecule has 0 atom stereocenters. The van der Waals surface area contributed by atoms with Gasteiger partial charge in [0.15, 0.2) is 10.1 Å². The smallest absolute Gasteiger partial charge is 0.204 e. The van der Waals surface area contributed by atoms with Crippen molar-refractivity contribution in [1.29, 1.82) is 0 Å². The summed E-state index contributed by atoms with van der Waals surface area (Å²) >= 11 is 11.1. The fourth-order valence-electron chi connectivity index (χ4n) is 0.613. The van der Waals surface area contributed by atoms with Crippen molar-refractivity contribution >= 4 is 42.9 Å². The number of rotatable bonds is 1. The van der Waals surface area contributed by atoms with Crippen molar-refractivity contribution in [2.75, 3.05) is 0 Å². The second-order valence-electron chi connectivity index (χ2n) is 1.91. The fourth-order valence-corrected chi connectivity index (χ4v) is 2.27. The first-order chi connectivity index (χ1) is 5.43. The van der Waals surface area contributed by atoms with Gasteiger partial charge in [0.05, 0.1) is 12.2 Å². The van der Waals surface area contributed by atoms with Crippen LogP contribution in [0.25, 0.3) is 0 Å². The van der Waals surface area contributed by atoms with E-state index in [0.717, 1.165) is 0 Å². The molecule has 1 rings (SSSR count). The summed E-state index contributed by atoms with van der Waals surface area (Å²) in [6, 6.07) is 0. The molecule has 0 saturated carbocycles. The number of allylic oxidation sites excluding steroid dienone is 5. The van der Waals surface area contributed by atoms with Crippen LogP contribution < -0.4 is 0 Å². The first kappa shape index (κ1) is 10.0. The van der Waals surface area contributed by atoms with Crippen molar-refractivity contribution in [3.63, 3.8) is 0 Å². The highest BCUT2D eigenvalue weighted by Gasteiger charge is 2.30. The normalized spacial score (nSPS) is 17.4. The molecule has 0 heterocycles. The van der Waals surface area contributed by atoms with Gasteiger partial charge in [-0.15, -0.1) is 0 Å². The van der Waals surface area contributed by atoms with Crippen molar-refractivity contribution in [1.82, 2.24) is 0 Å². The van der Waals surface area contributed by atoms with Crippen LogP contribution >= 0.6 is 33.9 Å². The maximum Gasteiger partial charge on any atom is 0.296 e. The molecule has 2 nitrogen and oxygen atoms in total. The maximum atomic E-state index is 10.8. The first-order valence-corrected chi connectivity index (χ1v) is 5.80. The minimum Gasteiger partial charge on any atom is -0.204 e. The van der Waals surface area contributed by atoms with Crippen LogP contribution in [0.15, 0.2) is 27.1 Å². The Bertz CT molecular complexity index is 389. The van der Waals surface area contributed by atoms with Gasteiger partial charge < -0.3 is 0 Å². The predicted octanol–water partition coefficient (Wildman–Crippen LogP) is 2.50. The SMILES string of the molecule is O=S(=O)(Cl)C1=[C+]C=CC(Cl)=C1Cl. The van der Waals surface area contributed by atoms with Crippen LogP contribution in [0.2, 0.25) is 0 Å². The van der Waals surface area contributed by atoms with Crippen LogP contribution in [0.1, 0.15) is 0 Å². The van der Waals surface area contributed by atoms with E-state index in [0.29, 0.717) is 0 Å². The molecule has 1 aliphatic rings. The summed E-state index contributed by atoms with van der Waals surface area (Å²) in [5, 5.41) is 0.0313. The van der Waals surface area contributed by atoms with Crippen LogP contribution in [0, 0.1) is 6.08 Å². The average molecular weight is 245 g/mol. The molecule has 0 aromatic heterocycles. The molecule has 12 heavy (non-hydrogen) atoms. The first-order valence-electron chi connectivity index (χ1n) is 2.73. The zero-order chi connectivity index (χ0) is 9.35. The lowest BCUT2D eigenvalue weighted by atomic mass is 10.3. The molecular formula is C6H2Cl3O2S+. The standard InChI is InChI=1S/C6H2Cl3O2S/c7-4-2-1-3-5(6(4)8)12(9,10)11/h1-2H/q+1. The fraction of sp³-hybridized carbons (Fsp3) is 0. The Kier molecular flexibility index (Phi) is 2.81. The molecule has 0 saturated heterocycles. The van der Waals surface area contributed by atoms with Gasteiger partial charge in [-0.2, -0.15) is 0 Å². The molecule has 0 radical (unpaired) electrons. The Morgan fingerprint density at radius 3 is 2.33 bits per heavy atom. The Morgan fingerprint density at radius 1 is 1.33 bits per heavy atom. The summed E-state index contributed by atoms with van der Waals surface area (Å²) in [6.45, 7) is 0. The molecule has 1 aliphatic carbocycles. The lowest BCUT2D eigenvalue weighted by Crippen LogP contribution is -1.98. The summed E-state index contributed by atoms with van der Waals surface area (Å²) in [5.41, 5.74) is 0. The van der Waals surface area contributed by atoms with Crippen molar-refractivity contribution in [2.45, 2.75) is 0 Å². The third kappa shape index (κ3) is 2.00. The average Bonchev–Trinajstić information content (AvgIpc) is 1.92. The molecule has 64 valence electrons. The highest BCUT2D eigenvalue weighted by Crippen LogP contribution is 2.31. The van der Waals surface area contributed by atoms with Gasteiger partial charge in [0.1, 0.15) is 6.08 Å². The van der Waals surface area contributed by atoms with Crippen molar-refractivity contribution in [3.05, 3.63) is 33.2 Å². The third-order valence-electron chi connectivity index (χ3n) is 1.10. The van der Waals surface area contributed by atoms with Gasteiger partial charge in [-0.25, -0.2) is 8.42 Å². The quantitative estimate of drug-likeness (QED) is 0.525. The van der Waals surface area contributed by atoms with Gasteiger partial charge in [0.2, 0.25) is 0 Å². The molecule has 0 N–H and O–H groups in total. The van der Waals surface area contributed by atoms with Crippen molar-refractivity contribution in [2.24, 2.45) is 0 Å². The molecule has 0 fully saturated rings. The van der Waals surface area contributed by atoms with Crippen LogP contribution in [0.3, 0.4) is 0 Å². The highest BCUT2D eigenvalue weighted by molar-refractivity contribution is 8.17. The van der Waals surface area contributed by atoms with E-state index in [-0.39, 0.29) is 15.0 Å². The van der Waals surface area contributed by atoms with Gasteiger partial charge in [-0.1, -0.05) is 11.6 Å². The van der Waals surface area contributed by atoms with E-state index in [1.54, 1.807) is 0 Å². The molecule has 6 heteroatoms. The highest BCUT2D eigenvalue weighted by atomic mass is 35.7. The molecule has 0 bridgehead atoms. The topological polar surface area (TPSA) is 34.1 Å². The molecule has 0 aliphatic heterocycles. The number of hydrogen-bond acceptors (Lipinski definition) is 2. The lowest BCUT2D eigenvalue weighted by Gasteiger charge is -1.95. The Morgan fingerprint density at radius 2 is 1.92 bits per heavy atom. The molecule has 0 unspecified atom stereocenters. The summed E-state index contributed by atoms with van der Waals surface area (Å²) in [6.07, 6.45) is 5.14. The van der Waals surface area contributed by atoms with E-state index in [1.165, 1.54) is 12.2 Å². The zero-order valence-corrected chi connectivity index (χ0v) is 8.60. The Balaban J connectivity index is 3.30. The number of halogens is 3. The van der Waals surface area contributed by atoms with Crippen LogP contribution in [-0.2, 0) is 9.05 Å². The van der Waals surface area contributed by atoms with E-state index in [9.17, 15) is 8.42 Å². The van der Waals surface area contributed by atoms with Crippen LogP contribution in [0.4, 0.5) is 0 Å². The summed E-state index contributed by atoms with van der Waals surface area (Å²) < 4.78 is 21.6. The molecular weight excluding hydrogens is 242 g/mol. The second kappa shape index (κ2) is 3.36. The molecule has 0 aromatic carbocycles. The van der Waals surface area contributed by atoms with Crippen LogP contribution in [-0.4, -0.2) is 8.42 Å². The van der Waals surface area contributed by atoms with Crippen molar-refractivity contribution < 1.29 is 8.42 Å². The van der Waals surface area contributed by atoms with Gasteiger partial charge in [-0.05, 0) is 0 Å². The van der Waals surface area contributed by atoms with E-state index in [1.807, 2.05) is 0 Å². The minimum absolute atomic E-state index is 0.103. The summed E-state index contributed by atoms with van der Waals surface area (Å²) in [7, 11) is 1.18. The van der Waals surface area contributed by atoms with E-state index < -0.39 is 9.05 Å². The lowest BCUT2D eigenvalue weighted by molar-refractivity contribution is 0.615. The Hall–Kier alpha value is -0.0500. The van der Waals surface area contributed by atoms with Gasteiger partial charge >= 0.3 is 0 Å². The maximum absolute atomic E-state index is 10.8. The third-order valence-corrected chi connectivity index (χ3v) is 3.29. The second-order valence-corrected chi connectivity index (χ2v) is 5.19. The number of hydrogen-bond donors (Lipinski definition) is 0. The Labute approximate surface area is 84.5 Å². The molecule has 0 spiro atoms. The van der Waals surface area contributed by atoms with Crippen molar-refractivity contribution in [3.8, 4) is 0 Å². The zero-order valence-electron chi connectivity index (χ0n) is 5.51. The van der Waals surface area contributed by atoms with E-state index in [4.69, 9.17) is 33.9 Å².